The first-order valence-corrected chi connectivity index (χ1v) is 10.5. The highest BCUT2D eigenvalue weighted by Gasteiger charge is 2.19. The molecule has 0 unspecified atom stereocenters. The van der Waals surface area contributed by atoms with Crippen LogP contribution in [0.4, 0.5) is 4.79 Å². The molecule has 0 aliphatic carbocycles. The van der Waals surface area contributed by atoms with Crippen molar-refractivity contribution >= 4 is 22.0 Å². The summed E-state index contributed by atoms with van der Waals surface area (Å²) in [5.74, 6) is 7.52. The van der Waals surface area contributed by atoms with Gasteiger partial charge in [-0.25, -0.2) is 4.79 Å². The molecule has 0 radical (unpaired) electrons. The molecule has 30 heavy (non-hydrogen) atoms. The van der Waals surface area contributed by atoms with E-state index in [1.54, 1.807) is 20.3 Å². The molecule has 2 aromatic carbocycles. The van der Waals surface area contributed by atoms with Crippen molar-refractivity contribution in [2.45, 2.75) is 45.3 Å². The molecule has 0 saturated heterocycles. The second-order valence-corrected chi connectivity index (χ2v) is 8.52. The minimum absolute atomic E-state index is 0.375. The minimum Gasteiger partial charge on any atom is -0.493 e. The number of alkyl carbamates (subject to hydrolysis) is 1. The lowest BCUT2D eigenvalue weighted by atomic mass is 10.0. The van der Waals surface area contributed by atoms with Crippen LogP contribution in [0.1, 0.15) is 38.3 Å². The van der Waals surface area contributed by atoms with Gasteiger partial charge in [-0.2, -0.15) is 0 Å². The van der Waals surface area contributed by atoms with E-state index in [1.165, 1.54) is 0 Å². The monoisotopic (exact) mass is 473 g/mol. The maximum absolute atomic E-state index is 12.3. The van der Waals surface area contributed by atoms with Crippen molar-refractivity contribution in [3.05, 3.63) is 58.1 Å². The first kappa shape index (κ1) is 23.6. The number of nitrogens with one attached hydrogen (secondary N) is 1. The molecule has 0 bridgehead atoms. The van der Waals surface area contributed by atoms with Crippen molar-refractivity contribution in [3.8, 4) is 23.3 Å². The summed E-state index contributed by atoms with van der Waals surface area (Å²) in [7, 11) is 3.17. The summed E-state index contributed by atoms with van der Waals surface area (Å²) in [6.45, 7) is 5.49. The molecule has 1 N–H and O–H groups in total. The van der Waals surface area contributed by atoms with E-state index >= 15 is 0 Å². The van der Waals surface area contributed by atoms with Gasteiger partial charge in [-0.05, 0) is 63.4 Å². The SMILES string of the molecule is COc1ccc(C#C[C@@H](CCc2ccccc2Br)NC(=O)OC(C)(C)C)cc1OC. The fraction of sp³-hybridized carbons (Fsp3) is 0.375. The van der Waals surface area contributed by atoms with E-state index in [-0.39, 0.29) is 6.04 Å². The van der Waals surface area contributed by atoms with E-state index in [0.29, 0.717) is 17.9 Å². The van der Waals surface area contributed by atoms with Crippen LogP contribution in [0.15, 0.2) is 46.9 Å². The van der Waals surface area contributed by atoms with Gasteiger partial charge in [-0.3, -0.25) is 0 Å². The van der Waals surface area contributed by atoms with Crippen molar-refractivity contribution in [3.63, 3.8) is 0 Å². The summed E-state index contributed by atoms with van der Waals surface area (Å²) >= 11 is 3.57. The third-order valence-electron chi connectivity index (χ3n) is 4.13. The fourth-order valence-corrected chi connectivity index (χ4v) is 3.20. The van der Waals surface area contributed by atoms with Crippen LogP contribution < -0.4 is 14.8 Å². The zero-order valence-electron chi connectivity index (χ0n) is 18.0. The molecule has 2 aromatic rings. The van der Waals surface area contributed by atoms with Gasteiger partial charge in [0.05, 0.1) is 20.3 Å². The lowest BCUT2D eigenvalue weighted by molar-refractivity contribution is 0.0514. The molecule has 0 aliphatic rings. The molecule has 2 rings (SSSR count). The number of carbonyl (C=O) groups is 1. The molecule has 0 saturated carbocycles. The average Bonchev–Trinajstić information content (AvgIpc) is 2.69. The second kappa shape index (κ2) is 10.9. The largest absolute Gasteiger partial charge is 0.493 e. The molecule has 5 nitrogen and oxygen atoms in total. The molecule has 0 spiro atoms. The van der Waals surface area contributed by atoms with Crippen molar-refractivity contribution < 1.29 is 19.0 Å². The summed E-state index contributed by atoms with van der Waals surface area (Å²) in [6.07, 6.45) is 0.909. The number of ether oxygens (including phenoxy) is 3. The van der Waals surface area contributed by atoms with Crippen LogP contribution in [0.2, 0.25) is 0 Å². The van der Waals surface area contributed by atoms with Crippen LogP contribution in [0, 0.1) is 11.8 Å². The quantitative estimate of drug-likeness (QED) is 0.574. The van der Waals surface area contributed by atoms with Crippen LogP contribution in [0.25, 0.3) is 0 Å². The van der Waals surface area contributed by atoms with Gasteiger partial charge in [0, 0.05) is 10.0 Å². The van der Waals surface area contributed by atoms with Gasteiger partial charge in [0.15, 0.2) is 11.5 Å². The highest BCUT2D eigenvalue weighted by Crippen LogP contribution is 2.27. The number of rotatable bonds is 6. The van der Waals surface area contributed by atoms with E-state index in [9.17, 15) is 4.79 Å². The second-order valence-electron chi connectivity index (χ2n) is 7.67. The van der Waals surface area contributed by atoms with Gasteiger partial charge in [0.2, 0.25) is 0 Å². The zero-order valence-corrected chi connectivity index (χ0v) is 19.6. The Hall–Kier alpha value is -2.65. The molecule has 6 heteroatoms. The molecular weight excluding hydrogens is 446 g/mol. The highest BCUT2D eigenvalue weighted by atomic mass is 79.9. The van der Waals surface area contributed by atoms with Crippen molar-refractivity contribution in [1.82, 2.24) is 5.32 Å². The maximum atomic E-state index is 12.3. The zero-order chi connectivity index (χ0) is 22.1. The summed E-state index contributed by atoms with van der Waals surface area (Å²) in [5, 5.41) is 2.88. The Balaban J connectivity index is 2.19. The molecular formula is C24H28BrNO4. The predicted octanol–water partition coefficient (Wildman–Crippen LogP) is 5.34. The van der Waals surface area contributed by atoms with E-state index in [4.69, 9.17) is 14.2 Å². The number of hydrogen-bond acceptors (Lipinski definition) is 4. The molecule has 0 aliphatic heterocycles. The standard InChI is InChI=1S/C24H28BrNO4/c1-24(2,3)30-23(27)26-19(14-12-18-8-6-7-9-20(18)25)13-10-17-11-15-21(28-4)22(16-17)29-5/h6-9,11,15-16,19H,12,14H2,1-5H3,(H,26,27)/t19-/m0/s1. The number of carbonyl (C=O) groups excluding carboxylic acids is 1. The number of aryl methyl sites for hydroxylation is 1. The van der Waals surface area contributed by atoms with Gasteiger partial charge in [-0.15, -0.1) is 0 Å². The van der Waals surface area contributed by atoms with E-state index in [2.05, 4.69) is 39.2 Å². The van der Waals surface area contributed by atoms with Gasteiger partial charge in [0.25, 0.3) is 0 Å². The van der Waals surface area contributed by atoms with E-state index in [1.807, 2.05) is 51.1 Å². The van der Waals surface area contributed by atoms with Crippen LogP contribution in [-0.2, 0) is 11.2 Å². The van der Waals surface area contributed by atoms with Crippen LogP contribution in [-0.4, -0.2) is 32.0 Å². The Bertz CT molecular complexity index is 925. The lowest BCUT2D eigenvalue weighted by Crippen LogP contribution is -2.38. The molecule has 0 aromatic heterocycles. The average molecular weight is 474 g/mol. The Kier molecular flexibility index (Phi) is 8.61. The topological polar surface area (TPSA) is 56.8 Å². The molecule has 0 fully saturated rings. The normalized spacial score (nSPS) is 11.7. The summed E-state index contributed by atoms with van der Waals surface area (Å²) in [5.41, 5.74) is 1.35. The Morgan fingerprint density at radius 3 is 2.43 bits per heavy atom. The Morgan fingerprint density at radius 2 is 1.80 bits per heavy atom. The molecule has 0 heterocycles. The number of methoxy groups -OCH3 is 2. The smallest absolute Gasteiger partial charge is 0.408 e. The summed E-state index contributed by atoms with van der Waals surface area (Å²) in [4.78, 5) is 12.3. The number of hydrogen-bond donors (Lipinski definition) is 1. The first-order valence-electron chi connectivity index (χ1n) is 9.68. The number of amides is 1. The number of benzene rings is 2. The highest BCUT2D eigenvalue weighted by molar-refractivity contribution is 9.10. The summed E-state index contributed by atoms with van der Waals surface area (Å²) in [6, 6.07) is 13.1. The van der Waals surface area contributed by atoms with Crippen LogP contribution in [0.3, 0.4) is 0 Å². The maximum Gasteiger partial charge on any atom is 0.408 e. The van der Waals surface area contributed by atoms with Gasteiger partial charge in [-0.1, -0.05) is 46.0 Å². The van der Waals surface area contributed by atoms with Crippen LogP contribution in [0.5, 0.6) is 11.5 Å². The van der Waals surface area contributed by atoms with E-state index in [0.717, 1.165) is 22.0 Å². The summed E-state index contributed by atoms with van der Waals surface area (Å²) < 4.78 is 17.0. The van der Waals surface area contributed by atoms with Crippen LogP contribution >= 0.6 is 15.9 Å². The fourth-order valence-electron chi connectivity index (χ4n) is 2.72. The van der Waals surface area contributed by atoms with Crippen molar-refractivity contribution in [2.24, 2.45) is 0 Å². The third kappa shape index (κ3) is 7.64. The molecule has 1 atom stereocenters. The minimum atomic E-state index is -0.576. The number of halogens is 1. The Morgan fingerprint density at radius 1 is 1.10 bits per heavy atom. The molecule has 1 amide bonds. The van der Waals surface area contributed by atoms with Gasteiger partial charge < -0.3 is 19.5 Å². The van der Waals surface area contributed by atoms with Gasteiger partial charge in [0.1, 0.15) is 5.60 Å². The Labute approximate surface area is 187 Å². The lowest BCUT2D eigenvalue weighted by Gasteiger charge is -2.21. The van der Waals surface area contributed by atoms with Crippen molar-refractivity contribution in [2.75, 3.05) is 14.2 Å². The first-order chi connectivity index (χ1) is 14.2. The predicted molar refractivity (Wildman–Crippen MR) is 122 cm³/mol. The third-order valence-corrected chi connectivity index (χ3v) is 4.90. The van der Waals surface area contributed by atoms with Gasteiger partial charge >= 0.3 is 6.09 Å². The van der Waals surface area contributed by atoms with E-state index < -0.39 is 11.7 Å². The molecule has 160 valence electrons. The van der Waals surface area contributed by atoms with Crippen molar-refractivity contribution in [1.29, 1.82) is 0 Å².